The molecule has 0 saturated carbocycles. The predicted octanol–water partition coefficient (Wildman–Crippen LogP) is 3.59. The summed E-state index contributed by atoms with van der Waals surface area (Å²) in [6, 6.07) is 10.6. The molecule has 0 amide bonds. The van der Waals surface area contributed by atoms with Crippen molar-refractivity contribution in [3.63, 3.8) is 0 Å². The summed E-state index contributed by atoms with van der Waals surface area (Å²) in [4.78, 5) is 7.80. The highest BCUT2D eigenvalue weighted by Crippen LogP contribution is 2.30. The summed E-state index contributed by atoms with van der Waals surface area (Å²) >= 11 is 0. The maximum Gasteiger partial charge on any atom is 0.0968 e. The molecule has 6 nitrogen and oxygen atoms in total. The molecule has 2 aliphatic rings. The Morgan fingerprint density at radius 2 is 1.70 bits per heavy atom. The topological polar surface area (TPSA) is 36.8 Å². The third kappa shape index (κ3) is 6.89. The standard InChI is InChI=1S/C27H43N5O/c1-27(2,3)33-21-25-20-32(18-23(25)17-31-13-9-12-29(4)14-15-31)19-24-16-30(5)28-26(24)22-10-7-6-8-11-22/h6-8,10-11,16,23,25H,9,12-15,17-21H2,1-5H3. The Hall–Kier alpha value is -1.73. The summed E-state index contributed by atoms with van der Waals surface area (Å²) in [5.74, 6) is 1.22. The van der Waals surface area contributed by atoms with E-state index >= 15 is 0 Å². The van der Waals surface area contributed by atoms with Crippen molar-refractivity contribution in [2.75, 3.05) is 59.5 Å². The Labute approximate surface area is 200 Å². The average molecular weight is 454 g/mol. The van der Waals surface area contributed by atoms with Gasteiger partial charge in [-0.15, -0.1) is 0 Å². The van der Waals surface area contributed by atoms with Crippen molar-refractivity contribution >= 4 is 0 Å². The fourth-order valence-corrected chi connectivity index (χ4v) is 5.27. The van der Waals surface area contributed by atoms with Crippen LogP contribution >= 0.6 is 0 Å². The Balaban J connectivity index is 1.46. The maximum absolute atomic E-state index is 6.30. The molecule has 182 valence electrons. The molecule has 33 heavy (non-hydrogen) atoms. The van der Waals surface area contributed by atoms with E-state index in [0.29, 0.717) is 11.8 Å². The zero-order valence-electron chi connectivity index (χ0n) is 21.3. The van der Waals surface area contributed by atoms with Gasteiger partial charge in [0, 0.05) is 69.6 Å². The molecule has 0 N–H and O–H groups in total. The van der Waals surface area contributed by atoms with Crippen molar-refractivity contribution in [1.29, 1.82) is 0 Å². The molecule has 0 bridgehead atoms. The molecule has 1 aromatic carbocycles. The first kappa shape index (κ1) is 24.4. The predicted molar refractivity (Wildman–Crippen MR) is 135 cm³/mol. The molecule has 1 aromatic heterocycles. The first-order valence-electron chi connectivity index (χ1n) is 12.6. The Bertz CT molecular complexity index is 874. The molecule has 2 atom stereocenters. The Morgan fingerprint density at radius 1 is 0.939 bits per heavy atom. The number of rotatable bonds is 7. The average Bonchev–Trinajstić information content (AvgIpc) is 3.25. The van der Waals surface area contributed by atoms with Crippen LogP contribution in [0, 0.1) is 11.8 Å². The molecule has 2 fully saturated rings. The number of likely N-dealkylation sites (tertiary alicyclic amines) is 1. The fourth-order valence-electron chi connectivity index (χ4n) is 5.27. The lowest BCUT2D eigenvalue weighted by Crippen LogP contribution is -2.37. The zero-order valence-corrected chi connectivity index (χ0v) is 21.3. The van der Waals surface area contributed by atoms with Crippen LogP contribution in [0.15, 0.2) is 36.5 Å². The molecular formula is C27H43N5O. The largest absolute Gasteiger partial charge is 0.376 e. The fraction of sp³-hybridized carbons (Fsp3) is 0.667. The minimum absolute atomic E-state index is 0.0902. The molecule has 2 saturated heterocycles. The number of likely N-dealkylation sites (N-methyl/N-ethyl adjacent to an activating group) is 1. The molecule has 2 aromatic rings. The van der Waals surface area contributed by atoms with E-state index in [0.717, 1.165) is 31.9 Å². The van der Waals surface area contributed by atoms with E-state index in [1.807, 2.05) is 11.7 Å². The molecule has 0 aliphatic carbocycles. The van der Waals surface area contributed by atoms with E-state index in [4.69, 9.17) is 9.84 Å². The number of aryl methyl sites for hydroxylation is 1. The van der Waals surface area contributed by atoms with Gasteiger partial charge in [-0.2, -0.15) is 5.10 Å². The van der Waals surface area contributed by atoms with Gasteiger partial charge in [0.2, 0.25) is 0 Å². The van der Waals surface area contributed by atoms with E-state index in [1.54, 1.807) is 0 Å². The molecule has 3 heterocycles. The molecule has 0 spiro atoms. The van der Waals surface area contributed by atoms with Gasteiger partial charge in [0.15, 0.2) is 0 Å². The van der Waals surface area contributed by atoms with Crippen molar-refractivity contribution in [3.8, 4) is 11.3 Å². The van der Waals surface area contributed by atoms with Crippen LogP contribution in [0.4, 0.5) is 0 Å². The van der Waals surface area contributed by atoms with Crippen LogP contribution in [0.1, 0.15) is 32.8 Å². The second kappa shape index (κ2) is 10.7. The lowest BCUT2D eigenvalue weighted by Gasteiger charge is -2.29. The number of hydrogen-bond donors (Lipinski definition) is 0. The van der Waals surface area contributed by atoms with Gasteiger partial charge in [-0.05, 0) is 53.2 Å². The normalized spacial score (nSPS) is 23.8. The van der Waals surface area contributed by atoms with Gasteiger partial charge in [0.1, 0.15) is 0 Å². The van der Waals surface area contributed by atoms with Crippen molar-refractivity contribution in [2.24, 2.45) is 18.9 Å². The van der Waals surface area contributed by atoms with Crippen LogP contribution in [0.2, 0.25) is 0 Å². The Kier molecular flexibility index (Phi) is 7.90. The van der Waals surface area contributed by atoms with Crippen molar-refractivity contribution in [2.45, 2.75) is 39.3 Å². The third-order valence-corrected chi connectivity index (χ3v) is 7.03. The van der Waals surface area contributed by atoms with Crippen LogP contribution in [-0.2, 0) is 18.3 Å². The summed E-state index contributed by atoms with van der Waals surface area (Å²) < 4.78 is 8.26. The first-order chi connectivity index (χ1) is 15.8. The summed E-state index contributed by atoms with van der Waals surface area (Å²) in [6.07, 6.45) is 3.47. The summed E-state index contributed by atoms with van der Waals surface area (Å²) in [5, 5.41) is 4.79. The van der Waals surface area contributed by atoms with E-state index in [-0.39, 0.29) is 5.60 Å². The minimum atomic E-state index is -0.0902. The smallest absolute Gasteiger partial charge is 0.0968 e. The van der Waals surface area contributed by atoms with E-state index in [9.17, 15) is 0 Å². The highest BCUT2D eigenvalue weighted by molar-refractivity contribution is 5.62. The lowest BCUT2D eigenvalue weighted by molar-refractivity contribution is -0.0283. The first-order valence-corrected chi connectivity index (χ1v) is 12.6. The van der Waals surface area contributed by atoms with E-state index in [1.165, 1.54) is 50.3 Å². The monoisotopic (exact) mass is 453 g/mol. The van der Waals surface area contributed by atoms with Crippen molar-refractivity contribution in [3.05, 3.63) is 42.1 Å². The van der Waals surface area contributed by atoms with Crippen LogP contribution in [0.5, 0.6) is 0 Å². The van der Waals surface area contributed by atoms with Gasteiger partial charge in [-0.25, -0.2) is 0 Å². The molecule has 4 rings (SSSR count). The maximum atomic E-state index is 6.30. The molecule has 6 heteroatoms. The minimum Gasteiger partial charge on any atom is -0.376 e. The summed E-state index contributed by atoms with van der Waals surface area (Å²) in [7, 11) is 4.28. The molecule has 2 aliphatic heterocycles. The van der Waals surface area contributed by atoms with Crippen molar-refractivity contribution < 1.29 is 4.74 Å². The van der Waals surface area contributed by atoms with Gasteiger partial charge in [-0.3, -0.25) is 9.58 Å². The van der Waals surface area contributed by atoms with Gasteiger partial charge in [0.05, 0.1) is 17.9 Å². The second-order valence-electron chi connectivity index (χ2n) is 11.1. The Morgan fingerprint density at radius 3 is 2.45 bits per heavy atom. The van der Waals surface area contributed by atoms with Gasteiger partial charge < -0.3 is 14.5 Å². The lowest BCUT2D eigenvalue weighted by atomic mass is 9.96. The summed E-state index contributed by atoms with van der Waals surface area (Å²) in [6.45, 7) is 16.5. The van der Waals surface area contributed by atoms with Crippen LogP contribution in [0.25, 0.3) is 11.3 Å². The number of benzene rings is 1. The number of hydrogen-bond acceptors (Lipinski definition) is 5. The second-order valence-corrected chi connectivity index (χ2v) is 11.1. The quantitative estimate of drug-likeness (QED) is 0.640. The molecule has 0 radical (unpaired) electrons. The van der Waals surface area contributed by atoms with E-state index in [2.05, 4.69) is 79.0 Å². The summed E-state index contributed by atoms with van der Waals surface area (Å²) in [5.41, 5.74) is 3.54. The number of nitrogens with zero attached hydrogens (tertiary/aromatic N) is 5. The SMILES string of the molecule is CN1CCCN(CC2CN(Cc3cn(C)nc3-c3ccccc3)CC2COC(C)(C)C)CC1. The van der Waals surface area contributed by atoms with Crippen LogP contribution < -0.4 is 0 Å². The highest BCUT2D eigenvalue weighted by atomic mass is 16.5. The van der Waals surface area contributed by atoms with Crippen LogP contribution in [-0.4, -0.2) is 89.5 Å². The third-order valence-electron chi connectivity index (χ3n) is 7.03. The highest BCUT2D eigenvalue weighted by Gasteiger charge is 2.35. The van der Waals surface area contributed by atoms with E-state index < -0.39 is 0 Å². The van der Waals surface area contributed by atoms with Crippen molar-refractivity contribution in [1.82, 2.24) is 24.5 Å². The van der Waals surface area contributed by atoms with Gasteiger partial charge in [0.25, 0.3) is 0 Å². The molecule has 2 unspecified atom stereocenters. The molecular weight excluding hydrogens is 410 g/mol. The van der Waals surface area contributed by atoms with Gasteiger partial charge >= 0.3 is 0 Å². The number of ether oxygens (including phenoxy) is 1. The number of aromatic nitrogens is 2. The van der Waals surface area contributed by atoms with Gasteiger partial charge in [-0.1, -0.05) is 30.3 Å². The van der Waals surface area contributed by atoms with Crippen LogP contribution in [0.3, 0.4) is 0 Å². The zero-order chi connectivity index (χ0) is 23.4.